The number of hydrogen-bond acceptors (Lipinski definition) is 12. The van der Waals surface area contributed by atoms with Gasteiger partial charge in [-0.15, -0.1) is 0 Å². The minimum Gasteiger partial charge on any atom is -0.384 e. The van der Waals surface area contributed by atoms with E-state index in [0.29, 0.717) is 49.2 Å². The zero-order chi connectivity index (χ0) is 46.6. The number of unbranched alkanes of at least 4 members (excludes halogenated alkanes) is 1. The monoisotopic (exact) mass is 897 g/mol. The summed E-state index contributed by atoms with van der Waals surface area (Å²) in [6, 6.07) is 13.8. The molecule has 0 saturated carbocycles. The first kappa shape index (κ1) is 45.4. The molecule has 6 heterocycles. The highest BCUT2D eigenvalue weighted by atomic mass is 16.2. The first-order chi connectivity index (χ1) is 31.8. The molecule has 18 nitrogen and oxygen atoms in total. The number of pyridine rings is 2. The fourth-order valence-corrected chi connectivity index (χ4v) is 8.96. The van der Waals surface area contributed by atoms with Gasteiger partial charge in [-0.05, 0) is 101 Å². The number of carbonyl (C=O) groups is 6. The SMILES string of the molecule is Cc1cc(C)c(CNC(=O)c2cc(-c3ccc(N4CCN(CCNC(=O)CCCCNc5cccc6c5C(=O)N(C5CCC(=O)NC5=O)C6=O)CC4)nc3)cc3c2cnn3C(C)C)c(=O)[nH]1. The second kappa shape index (κ2) is 19.5. The summed E-state index contributed by atoms with van der Waals surface area (Å²) in [6.45, 7) is 12.8. The number of amides is 6. The molecule has 8 rings (SSSR count). The summed E-state index contributed by atoms with van der Waals surface area (Å²) in [5.41, 5.74) is 5.78. The molecule has 2 saturated heterocycles. The van der Waals surface area contributed by atoms with Gasteiger partial charge >= 0.3 is 0 Å². The van der Waals surface area contributed by atoms with Crippen LogP contribution in [0, 0.1) is 13.8 Å². The van der Waals surface area contributed by atoms with Gasteiger partial charge in [-0.1, -0.05) is 6.07 Å². The maximum absolute atomic E-state index is 13.7. The van der Waals surface area contributed by atoms with Gasteiger partial charge in [0.25, 0.3) is 23.3 Å². The van der Waals surface area contributed by atoms with Gasteiger partial charge in [0.2, 0.25) is 17.7 Å². The maximum Gasteiger partial charge on any atom is 0.264 e. The third kappa shape index (κ3) is 9.59. The average molecular weight is 898 g/mol. The lowest BCUT2D eigenvalue weighted by Crippen LogP contribution is -2.54. The van der Waals surface area contributed by atoms with Crippen molar-refractivity contribution >= 4 is 57.9 Å². The summed E-state index contributed by atoms with van der Waals surface area (Å²) in [7, 11) is 0. The van der Waals surface area contributed by atoms with E-state index in [-0.39, 0.29) is 53.9 Å². The zero-order valence-corrected chi connectivity index (χ0v) is 37.7. The standard InChI is InChI=1S/C48H55N11O7/c1-28(2)59-39-24-32(23-34(36(39)27-53-59)44(62)52-26-35-29(3)22-30(4)54-45(35)63)31-11-13-40(51-25-31)57-20-18-56(19-21-57)17-16-50-41(60)10-5-6-15-49-37-9-7-8-33-43(37)48(66)58(47(33)65)38-12-14-42(61)55-46(38)64/h7-9,11,13,22-25,27-28,38,49H,5-6,10,12,14-21,26H2,1-4H3,(H,50,60)(H,52,62)(H,54,63)(H,55,61,64). The number of piperidine rings is 1. The van der Waals surface area contributed by atoms with E-state index in [9.17, 15) is 33.6 Å². The predicted molar refractivity (Wildman–Crippen MR) is 248 cm³/mol. The van der Waals surface area contributed by atoms with E-state index in [4.69, 9.17) is 4.98 Å². The highest BCUT2D eigenvalue weighted by Gasteiger charge is 2.45. The van der Waals surface area contributed by atoms with Crippen molar-refractivity contribution in [2.24, 2.45) is 0 Å². The fraction of sp³-hybridized carbons (Fsp3) is 0.396. The lowest BCUT2D eigenvalue weighted by Gasteiger charge is -2.35. The topological polar surface area (TPSA) is 224 Å². The van der Waals surface area contributed by atoms with Gasteiger partial charge in [-0.25, -0.2) is 4.98 Å². The smallest absolute Gasteiger partial charge is 0.264 e. The molecule has 66 heavy (non-hydrogen) atoms. The van der Waals surface area contributed by atoms with Crippen molar-refractivity contribution in [3.05, 3.63) is 105 Å². The van der Waals surface area contributed by atoms with Gasteiger partial charge in [0.1, 0.15) is 11.9 Å². The normalized spacial score (nSPS) is 16.5. The zero-order valence-electron chi connectivity index (χ0n) is 37.7. The molecule has 0 bridgehead atoms. The molecule has 0 spiro atoms. The van der Waals surface area contributed by atoms with E-state index in [1.165, 1.54) is 0 Å². The van der Waals surface area contributed by atoms with Crippen LogP contribution in [0.5, 0.6) is 0 Å². The van der Waals surface area contributed by atoms with E-state index < -0.39 is 29.7 Å². The van der Waals surface area contributed by atoms with Crippen LogP contribution >= 0.6 is 0 Å². The molecule has 18 heteroatoms. The number of aromatic amines is 1. The Hall–Kier alpha value is -7.21. The number of piperazine rings is 1. The number of nitrogens with zero attached hydrogens (tertiary/aromatic N) is 6. The first-order valence-electron chi connectivity index (χ1n) is 22.5. The second-order valence-corrected chi connectivity index (χ2v) is 17.4. The molecule has 6 amide bonds. The number of carbonyl (C=O) groups excluding carboxylic acids is 6. The first-order valence-corrected chi connectivity index (χ1v) is 22.5. The number of nitrogens with one attached hydrogen (secondary N) is 5. The van der Waals surface area contributed by atoms with E-state index in [1.807, 2.05) is 68.9 Å². The average Bonchev–Trinajstić information content (AvgIpc) is 3.84. The molecule has 5 N–H and O–H groups in total. The van der Waals surface area contributed by atoms with Crippen molar-refractivity contribution in [3.63, 3.8) is 0 Å². The third-order valence-corrected chi connectivity index (χ3v) is 12.5. The molecule has 2 fully saturated rings. The molecular weight excluding hydrogens is 843 g/mol. The summed E-state index contributed by atoms with van der Waals surface area (Å²) in [6.07, 6.45) is 5.32. The minimum atomic E-state index is -1.03. The van der Waals surface area contributed by atoms with Crippen LogP contribution in [0.25, 0.3) is 22.0 Å². The number of imide groups is 2. The van der Waals surface area contributed by atoms with Crippen LogP contribution in [-0.4, -0.2) is 117 Å². The van der Waals surface area contributed by atoms with Crippen molar-refractivity contribution in [1.29, 1.82) is 0 Å². The van der Waals surface area contributed by atoms with Crippen LogP contribution in [0.2, 0.25) is 0 Å². The van der Waals surface area contributed by atoms with Crippen molar-refractivity contribution in [1.82, 2.24) is 45.5 Å². The third-order valence-electron chi connectivity index (χ3n) is 12.5. The van der Waals surface area contributed by atoms with E-state index >= 15 is 0 Å². The lowest BCUT2D eigenvalue weighted by molar-refractivity contribution is -0.136. The summed E-state index contributed by atoms with van der Waals surface area (Å²) in [4.78, 5) is 103. The van der Waals surface area contributed by atoms with Gasteiger partial charge in [0.05, 0.1) is 28.4 Å². The number of hydrogen-bond donors (Lipinski definition) is 5. The maximum atomic E-state index is 13.7. The number of anilines is 2. The van der Waals surface area contributed by atoms with Crippen molar-refractivity contribution in [3.8, 4) is 11.1 Å². The van der Waals surface area contributed by atoms with Crippen LogP contribution in [0.4, 0.5) is 11.5 Å². The van der Waals surface area contributed by atoms with Crippen molar-refractivity contribution in [2.75, 3.05) is 56.0 Å². The Morgan fingerprint density at radius 3 is 2.41 bits per heavy atom. The quantitative estimate of drug-likeness (QED) is 0.0705. The Morgan fingerprint density at radius 2 is 1.68 bits per heavy atom. The van der Waals surface area contributed by atoms with Gasteiger partial charge in [-0.2, -0.15) is 5.10 Å². The Balaban J connectivity index is 0.779. The number of fused-ring (bicyclic) bond motifs is 2. The molecular formula is C48H55N11O7. The summed E-state index contributed by atoms with van der Waals surface area (Å²) in [5, 5.41) is 16.7. The van der Waals surface area contributed by atoms with Crippen LogP contribution in [-0.2, 0) is 20.9 Å². The van der Waals surface area contributed by atoms with E-state index in [1.54, 1.807) is 24.4 Å². The van der Waals surface area contributed by atoms with Crippen LogP contribution < -0.4 is 31.7 Å². The summed E-state index contributed by atoms with van der Waals surface area (Å²) in [5.74, 6) is -1.67. The second-order valence-electron chi connectivity index (χ2n) is 17.4. The highest BCUT2D eigenvalue weighted by molar-refractivity contribution is 6.25. The van der Waals surface area contributed by atoms with Crippen molar-refractivity contribution in [2.45, 2.75) is 78.4 Å². The Labute approximate surface area is 381 Å². The molecule has 5 aromatic rings. The van der Waals surface area contributed by atoms with E-state index in [0.717, 1.165) is 76.7 Å². The fourth-order valence-electron chi connectivity index (χ4n) is 8.96. The molecule has 344 valence electrons. The van der Waals surface area contributed by atoms with Gasteiger partial charge in [-0.3, -0.25) is 53.4 Å². The molecule has 1 unspecified atom stereocenters. The summed E-state index contributed by atoms with van der Waals surface area (Å²) >= 11 is 0. The van der Waals surface area contributed by atoms with Crippen LogP contribution in [0.1, 0.15) is 99.9 Å². The largest absolute Gasteiger partial charge is 0.384 e. The molecule has 0 aliphatic carbocycles. The number of H-pyrrole nitrogens is 1. The van der Waals surface area contributed by atoms with Gasteiger partial charge < -0.3 is 25.8 Å². The number of rotatable bonds is 16. The molecule has 2 aromatic carbocycles. The Bertz CT molecular complexity index is 2770. The molecule has 1 atom stereocenters. The Morgan fingerprint density at radius 1 is 0.879 bits per heavy atom. The number of aromatic nitrogens is 4. The molecule has 3 aliphatic heterocycles. The van der Waals surface area contributed by atoms with E-state index in [2.05, 4.69) is 41.1 Å². The van der Waals surface area contributed by atoms with Crippen LogP contribution in [0.3, 0.4) is 0 Å². The highest BCUT2D eigenvalue weighted by Crippen LogP contribution is 2.33. The molecule has 3 aromatic heterocycles. The minimum absolute atomic E-state index is 0.0336. The van der Waals surface area contributed by atoms with Crippen molar-refractivity contribution < 1.29 is 28.8 Å². The lowest BCUT2D eigenvalue weighted by atomic mass is 10.0. The predicted octanol–water partition coefficient (Wildman–Crippen LogP) is 3.84. The number of benzene rings is 2. The number of aryl methyl sites for hydroxylation is 2. The van der Waals surface area contributed by atoms with Gasteiger partial charge in [0.15, 0.2) is 0 Å². The van der Waals surface area contributed by atoms with Crippen LogP contribution in [0.15, 0.2) is 65.7 Å². The Kier molecular flexibility index (Phi) is 13.4. The molecule has 3 aliphatic rings. The molecule has 0 radical (unpaired) electrons. The van der Waals surface area contributed by atoms with Gasteiger partial charge in [0, 0.05) is 105 Å². The summed E-state index contributed by atoms with van der Waals surface area (Å²) < 4.78 is 1.90.